The first kappa shape index (κ1) is 15.8. The average Bonchev–Trinajstić information content (AvgIpc) is 3.30. The lowest BCUT2D eigenvalue weighted by Gasteiger charge is -2.23. The molecule has 3 heterocycles. The van der Waals surface area contributed by atoms with Crippen LogP contribution in [-0.4, -0.2) is 38.6 Å². The van der Waals surface area contributed by atoms with Crippen LogP contribution in [0.15, 0.2) is 36.8 Å². The van der Waals surface area contributed by atoms with E-state index >= 15 is 0 Å². The number of nitrogens with one attached hydrogen (secondary N) is 2. The van der Waals surface area contributed by atoms with Crippen LogP contribution in [0.25, 0.3) is 11.3 Å². The fourth-order valence-electron chi connectivity index (χ4n) is 3.38. The minimum atomic E-state index is 0.607. The minimum absolute atomic E-state index is 0.607. The maximum Gasteiger partial charge on any atom is 0.132 e. The summed E-state index contributed by atoms with van der Waals surface area (Å²) < 4.78 is 7.47. The van der Waals surface area contributed by atoms with Crippen molar-refractivity contribution >= 4 is 0 Å². The van der Waals surface area contributed by atoms with E-state index in [2.05, 4.69) is 36.3 Å². The second-order valence-electron chi connectivity index (χ2n) is 6.44. The Hall–Kier alpha value is -2.67. The Bertz CT molecular complexity index is 839. The molecule has 7 nitrogen and oxygen atoms in total. The number of aromatic nitrogens is 5. The lowest BCUT2D eigenvalue weighted by Crippen LogP contribution is -2.29. The van der Waals surface area contributed by atoms with Gasteiger partial charge in [-0.25, -0.2) is 0 Å². The number of hydrogen-bond donors (Lipinski definition) is 2. The Labute approximate surface area is 146 Å². The van der Waals surface area contributed by atoms with E-state index in [1.165, 1.54) is 0 Å². The summed E-state index contributed by atoms with van der Waals surface area (Å²) in [4.78, 5) is 0. The molecule has 0 radical (unpaired) electrons. The van der Waals surface area contributed by atoms with Gasteiger partial charge in [0.2, 0.25) is 0 Å². The monoisotopic (exact) mass is 338 g/mol. The topological polar surface area (TPSA) is 80.7 Å². The molecule has 7 heteroatoms. The van der Waals surface area contributed by atoms with Gasteiger partial charge in [0.25, 0.3) is 0 Å². The molecule has 1 aromatic carbocycles. The van der Waals surface area contributed by atoms with Crippen molar-refractivity contribution in [2.45, 2.75) is 25.9 Å². The van der Waals surface area contributed by atoms with Crippen molar-refractivity contribution in [2.75, 3.05) is 13.7 Å². The van der Waals surface area contributed by atoms with Crippen molar-refractivity contribution in [2.24, 2.45) is 5.92 Å². The van der Waals surface area contributed by atoms with Crippen LogP contribution < -0.4 is 10.1 Å². The molecule has 0 fully saturated rings. The molecule has 0 spiro atoms. The highest BCUT2D eigenvalue weighted by atomic mass is 16.5. The van der Waals surface area contributed by atoms with E-state index in [0.29, 0.717) is 5.92 Å². The van der Waals surface area contributed by atoms with Gasteiger partial charge in [-0.05, 0) is 31.0 Å². The second-order valence-corrected chi connectivity index (χ2v) is 6.44. The van der Waals surface area contributed by atoms with E-state index in [-0.39, 0.29) is 0 Å². The van der Waals surface area contributed by atoms with E-state index in [1.54, 1.807) is 7.11 Å². The first-order valence-electron chi connectivity index (χ1n) is 8.57. The summed E-state index contributed by atoms with van der Waals surface area (Å²) in [5, 5.41) is 19.0. The fraction of sp³-hybridized carbons (Fsp3) is 0.389. The molecule has 130 valence electrons. The summed E-state index contributed by atoms with van der Waals surface area (Å²) >= 11 is 0. The molecule has 0 amide bonds. The summed E-state index contributed by atoms with van der Waals surface area (Å²) in [5.41, 5.74) is 3.28. The Morgan fingerprint density at radius 3 is 3.28 bits per heavy atom. The highest BCUT2D eigenvalue weighted by Gasteiger charge is 2.19. The summed E-state index contributed by atoms with van der Waals surface area (Å²) in [7, 11) is 1.68. The first-order valence-corrected chi connectivity index (χ1v) is 8.57. The Morgan fingerprint density at radius 2 is 2.36 bits per heavy atom. The summed E-state index contributed by atoms with van der Waals surface area (Å²) in [6, 6.07) is 8.02. The van der Waals surface area contributed by atoms with Gasteiger partial charge in [0, 0.05) is 30.6 Å². The third-order valence-electron chi connectivity index (χ3n) is 4.75. The normalized spacial score (nSPS) is 16.6. The third kappa shape index (κ3) is 3.41. The van der Waals surface area contributed by atoms with Gasteiger partial charge >= 0.3 is 0 Å². The van der Waals surface area contributed by atoms with Crippen molar-refractivity contribution in [1.82, 2.24) is 30.3 Å². The average molecular weight is 338 g/mol. The van der Waals surface area contributed by atoms with Crippen LogP contribution >= 0.6 is 0 Å². The van der Waals surface area contributed by atoms with E-state index < -0.39 is 0 Å². The van der Waals surface area contributed by atoms with Crippen LogP contribution in [0.3, 0.4) is 0 Å². The molecule has 1 atom stereocenters. The number of methoxy groups -OCH3 is 1. The molecule has 0 bridgehead atoms. The number of fused-ring (bicyclic) bond motifs is 1. The molecule has 0 saturated carbocycles. The van der Waals surface area contributed by atoms with Crippen LogP contribution in [0.4, 0.5) is 0 Å². The second kappa shape index (κ2) is 7.06. The predicted molar refractivity (Wildman–Crippen MR) is 94.1 cm³/mol. The summed E-state index contributed by atoms with van der Waals surface area (Å²) in [5.74, 6) is 2.56. The lowest BCUT2D eigenvalue weighted by molar-refractivity contribution is 0.347. The van der Waals surface area contributed by atoms with Crippen LogP contribution in [0.5, 0.6) is 5.75 Å². The number of hydrogen-bond acceptors (Lipinski definition) is 5. The van der Waals surface area contributed by atoms with Crippen molar-refractivity contribution in [3.63, 3.8) is 0 Å². The maximum atomic E-state index is 5.31. The zero-order valence-electron chi connectivity index (χ0n) is 14.3. The van der Waals surface area contributed by atoms with Crippen molar-refractivity contribution in [1.29, 1.82) is 0 Å². The zero-order chi connectivity index (χ0) is 17.1. The molecular formula is C18H22N6O. The smallest absolute Gasteiger partial charge is 0.132 e. The van der Waals surface area contributed by atoms with Crippen molar-refractivity contribution < 1.29 is 4.74 Å². The number of nitrogens with zero attached hydrogens (tertiary/aromatic N) is 4. The number of aromatic amines is 1. The van der Waals surface area contributed by atoms with Gasteiger partial charge in [0.1, 0.15) is 17.9 Å². The highest BCUT2D eigenvalue weighted by molar-refractivity contribution is 5.64. The summed E-state index contributed by atoms with van der Waals surface area (Å²) in [6.45, 7) is 2.75. The Kier molecular flexibility index (Phi) is 4.47. The Morgan fingerprint density at radius 1 is 1.40 bits per heavy atom. The number of H-pyrrole nitrogens is 1. The highest BCUT2D eigenvalue weighted by Crippen LogP contribution is 2.25. The van der Waals surface area contributed by atoms with Crippen LogP contribution in [0.2, 0.25) is 0 Å². The number of ether oxygens (including phenoxy) is 1. The van der Waals surface area contributed by atoms with Gasteiger partial charge in [0.05, 0.1) is 19.0 Å². The van der Waals surface area contributed by atoms with E-state index in [4.69, 9.17) is 4.74 Å². The minimum Gasteiger partial charge on any atom is -0.497 e. The first-order chi connectivity index (χ1) is 12.3. The van der Waals surface area contributed by atoms with E-state index in [0.717, 1.165) is 60.9 Å². The molecule has 2 aromatic heterocycles. The molecule has 0 saturated heterocycles. The molecule has 4 rings (SSSR count). The van der Waals surface area contributed by atoms with Crippen LogP contribution in [0.1, 0.15) is 17.8 Å². The molecule has 25 heavy (non-hydrogen) atoms. The standard InChI is InChI=1S/C18H22N6O/c1-25-16-4-2-3-14(7-16)18-15(10-20-23-18)9-19-8-13-5-6-17-22-21-12-24(17)11-13/h2-4,7,10,12-13,19H,5-6,8-9,11H2,1H3,(H,20,23)/t13-/m0/s1. The molecule has 3 aromatic rings. The molecular weight excluding hydrogens is 316 g/mol. The zero-order valence-corrected chi connectivity index (χ0v) is 14.3. The molecule has 0 aliphatic carbocycles. The molecule has 2 N–H and O–H groups in total. The Balaban J connectivity index is 1.37. The van der Waals surface area contributed by atoms with Crippen molar-refractivity contribution in [3.05, 3.63) is 48.2 Å². The SMILES string of the molecule is COc1cccc(-c2[nH]ncc2CNC[C@@H]2CCc3nncn3C2)c1. The fourth-order valence-corrected chi connectivity index (χ4v) is 3.38. The molecule has 0 unspecified atom stereocenters. The van der Waals surface area contributed by atoms with Gasteiger partial charge in [-0.3, -0.25) is 5.10 Å². The molecule has 1 aliphatic heterocycles. The van der Waals surface area contributed by atoms with Crippen LogP contribution in [0, 0.1) is 5.92 Å². The summed E-state index contributed by atoms with van der Waals surface area (Å²) in [6.07, 6.45) is 5.88. The predicted octanol–water partition coefficient (Wildman–Crippen LogP) is 2.03. The van der Waals surface area contributed by atoms with E-state index in [9.17, 15) is 0 Å². The largest absolute Gasteiger partial charge is 0.497 e. The van der Waals surface area contributed by atoms with E-state index in [1.807, 2.05) is 30.7 Å². The number of rotatable bonds is 6. The number of aryl methyl sites for hydroxylation is 1. The van der Waals surface area contributed by atoms with Gasteiger partial charge in [0.15, 0.2) is 0 Å². The lowest BCUT2D eigenvalue weighted by atomic mass is 9.99. The molecule has 1 aliphatic rings. The van der Waals surface area contributed by atoms with Gasteiger partial charge in [-0.1, -0.05) is 12.1 Å². The van der Waals surface area contributed by atoms with Gasteiger partial charge in [-0.15, -0.1) is 10.2 Å². The third-order valence-corrected chi connectivity index (χ3v) is 4.75. The quantitative estimate of drug-likeness (QED) is 0.719. The van der Waals surface area contributed by atoms with Gasteiger partial charge < -0.3 is 14.6 Å². The van der Waals surface area contributed by atoms with Crippen molar-refractivity contribution in [3.8, 4) is 17.0 Å². The number of benzene rings is 1. The maximum absolute atomic E-state index is 5.31. The van der Waals surface area contributed by atoms with Gasteiger partial charge in [-0.2, -0.15) is 5.10 Å². The van der Waals surface area contributed by atoms with Crippen LogP contribution in [-0.2, 0) is 19.5 Å².